The number of nitrogens with zero attached hydrogens (tertiary/aromatic N) is 6. The van der Waals surface area contributed by atoms with Gasteiger partial charge in [0.05, 0.1) is 67.3 Å². The molecule has 0 aliphatic rings. The summed E-state index contributed by atoms with van der Waals surface area (Å²) >= 11 is 0. The Morgan fingerprint density at radius 2 is 0.346 bits per heavy atom. The minimum Gasteiger partial charge on any atom is -0.309 e. The van der Waals surface area contributed by atoms with Crippen molar-refractivity contribution in [1.82, 2.24) is 27.4 Å². The van der Waals surface area contributed by atoms with Gasteiger partial charge in [-0.25, -0.2) is 0 Å². The van der Waals surface area contributed by atoms with E-state index in [-0.39, 0.29) is 10.8 Å². The molecule has 0 saturated heterocycles. The first-order valence-corrected chi connectivity index (χ1v) is 47.1. The zero-order chi connectivity index (χ0) is 89.0. The normalized spacial score (nSPS) is 11.8. The molecule has 21 aromatic rings. The molecule has 15 aromatic carbocycles. The highest BCUT2D eigenvalue weighted by Crippen LogP contribution is 2.44. The van der Waals surface area contributed by atoms with E-state index in [1.54, 1.807) is 0 Å². The van der Waals surface area contributed by atoms with Crippen LogP contribution in [0, 0.1) is 0 Å². The summed E-state index contributed by atoms with van der Waals surface area (Å²) < 4.78 is 14.6. The van der Waals surface area contributed by atoms with E-state index in [2.05, 4.69) is 497 Å². The Hall–Kier alpha value is -14.5. The molecule has 6 nitrogen and oxygen atoms in total. The summed E-state index contributed by atoms with van der Waals surface area (Å²) in [5, 5.41) is 7.40. The second-order valence-corrected chi connectivity index (χ2v) is 37.3. The van der Waals surface area contributed by atoms with Crippen LogP contribution in [0.1, 0.15) is 141 Å². The molecule has 0 radical (unpaired) electrons. The minimum absolute atomic E-state index is 0.105. The molecule has 0 atom stereocenters. The van der Waals surface area contributed by atoms with Gasteiger partial charge < -0.3 is 27.4 Å². The van der Waals surface area contributed by atoms with Gasteiger partial charge in [0.2, 0.25) is 0 Å². The van der Waals surface area contributed by atoms with Gasteiger partial charge in [0.1, 0.15) is 0 Å². The van der Waals surface area contributed by atoms with Gasteiger partial charge in [-0.3, -0.25) is 0 Å². The molecule has 0 aliphatic carbocycles. The Balaban J connectivity index is 0.000000126. The number of fused-ring (bicyclic) bond motifs is 6. The van der Waals surface area contributed by atoms with Crippen molar-refractivity contribution in [3.05, 3.63) is 434 Å². The third-order valence-corrected chi connectivity index (χ3v) is 26.1. The maximum Gasteiger partial charge on any atom is 0.0542 e. The molecule has 6 aromatic heterocycles. The molecule has 0 spiro atoms. The topological polar surface area (TPSA) is 29.6 Å². The van der Waals surface area contributed by atoms with E-state index in [9.17, 15) is 0 Å². The summed E-state index contributed by atoms with van der Waals surface area (Å²) in [6.07, 6.45) is 11.7. The molecule has 0 bridgehead atoms. The second-order valence-electron chi connectivity index (χ2n) is 37.3. The van der Waals surface area contributed by atoms with Crippen LogP contribution in [0.4, 0.5) is 0 Å². The van der Waals surface area contributed by atoms with Crippen molar-refractivity contribution in [2.75, 3.05) is 0 Å². The third-order valence-electron chi connectivity index (χ3n) is 26.1. The Morgan fingerprint density at radius 1 is 0.177 bits per heavy atom. The quantitative estimate of drug-likeness (QED) is 0.0647. The molecule has 0 aliphatic heterocycles. The molecular formula is C124H116N6. The van der Waals surface area contributed by atoms with Gasteiger partial charge in [-0.1, -0.05) is 350 Å². The molecule has 6 heterocycles. The van der Waals surface area contributed by atoms with Gasteiger partial charge in [-0.2, -0.15) is 0 Å². The van der Waals surface area contributed by atoms with Crippen molar-refractivity contribution >= 4 is 65.4 Å². The lowest BCUT2D eigenvalue weighted by atomic mass is 9.87. The van der Waals surface area contributed by atoms with Crippen molar-refractivity contribution in [2.45, 2.75) is 144 Å². The molecule has 0 unspecified atom stereocenters. The van der Waals surface area contributed by atoms with Gasteiger partial charge >= 0.3 is 0 Å². The van der Waals surface area contributed by atoms with E-state index in [0.29, 0.717) is 0 Å². The molecule has 130 heavy (non-hydrogen) atoms. The number of aromatic nitrogens is 6. The van der Waals surface area contributed by atoms with Crippen molar-refractivity contribution in [3.8, 4) is 102 Å². The Labute approximate surface area is 767 Å². The van der Waals surface area contributed by atoms with Crippen LogP contribution in [-0.2, 0) is 36.5 Å². The van der Waals surface area contributed by atoms with E-state index in [4.69, 9.17) is 0 Å². The molecule has 0 N–H and O–H groups in total. The lowest BCUT2D eigenvalue weighted by Gasteiger charge is -2.20. The fourth-order valence-corrected chi connectivity index (χ4v) is 19.1. The smallest absolute Gasteiger partial charge is 0.0542 e. The number of rotatable bonds is 22. The monoisotopic (exact) mass is 1690 g/mol. The summed E-state index contributed by atoms with van der Waals surface area (Å²) in [4.78, 5) is 0. The Morgan fingerprint density at radius 3 is 0.508 bits per heavy atom. The van der Waals surface area contributed by atoms with Gasteiger partial charge in [0.15, 0.2) is 0 Å². The Kier molecular flexibility index (Phi) is 24.2. The molecule has 21 rings (SSSR count). The van der Waals surface area contributed by atoms with Crippen LogP contribution in [0.2, 0.25) is 0 Å². The van der Waals surface area contributed by atoms with Gasteiger partial charge in [0, 0.05) is 66.4 Å². The summed E-state index contributed by atoms with van der Waals surface area (Å²) in [5.41, 5.74) is 37.4. The Bertz CT molecular complexity index is 7000. The minimum atomic E-state index is 0.105. The average Bonchev–Trinajstić information content (AvgIpc) is 1.59. The van der Waals surface area contributed by atoms with Crippen molar-refractivity contribution in [3.63, 3.8) is 0 Å². The molecule has 642 valence electrons. The maximum atomic E-state index is 2.44. The zero-order valence-corrected chi connectivity index (χ0v) is 76.9. The standard InChI is InChI=1S/2C42H40N2.C40H36N2/c1-41(2,3)33-17-21-35(22-18-33)43-37(29-13-9-7-10-14-29)25-31-28-40-32(27-39(31)43)26-38(30-15-11-8-12-16-30)44(40)36-23-19-34(20-24-36)42(4,5)6;1-3-5-13-31-19-23-37(24-20-31)43-39(33-15-9-7-10-16-33)27-35-30-42-36(29-41(35)43)28-40(34-17-11-8-12-18-34)44(42)38-25-21-32(22-26-38)14-6-4-2;1-3-11-29-17-21-35(22-18-29)41-37(31-13-7-5-8-14-31)25-33-28-40-34(27-39(33)41)26-38(32-15-9-6-10-16-32)42(40)36-23-19-30(12-4-2)20-24-36/h7-28H,1-6H3;7-12,15-30H,3-6,13-14H2,1-2H3;5-10,13-28H,3-4,11-12H2,1-2H3. The fraction of sp³-hybridized carbons (Fsp3) is 0.177. The number of unbranched alkanes of at least 4 members (excludes halogenated alkanes) is 2. The molecule has 0 saturated carbocycles. The van der Waals surface area contributed by atoms with Crippen LogP contribution >= 0.6 is 0 Å². The van der Waals surface area contributed by atoms with Gasteiger partial charge in [-0.15, -0.1) is 0 Å². The molecular weight excluding hydrogens is 1570 g/mol. The number of hydrogen-bond donors (Lipinski definition) is 0. The summed E-state index contributed by atoms with van der Waals surface area (Å²) in [5.74, 6) is 0. The first-order valence-electron chi connectivity index (χ1n) is 47.1. The third kappa shape index (κ3) is 17.4. The highest BCUT2D eigenvalue weighted by Gasteiger charge is 2.25. The second kappa shape index (κ2) is 37.1. The van der Waals surface area contributed by atoms with E-state index in [0.717, 1.165) is 38.5 Å². The SMILES string of the molecule is CC(C)(C)c1ccc(-n2c(-c3ccccc3)cc3cc4c(cc(-c5ccccc5)n4-c4ccc(C(C)(C)C)cc4)cc32)cc1.CCCCc1ccc(-n2c(-c3ccccc3)cc3cc4c(cc(-c5ccccc5)n4-c4ccc(CCCC)cc4)cc32)cc1.CCCc1ccc(-n2c(-c3ccccc3)cc3cc4c(cc(-c5ccccc5)n4-c4ccc(CCC)cc4)cc32)cc1. The predicted molar refractivity (Wildman–Crippen MR) is 556 cm³/mol. The molecule has 6 heteroatoms. The van der Waals surface area contributed by atoms with E-state index < -0.39 is 0 Å². The van der Waals surface area contributed by atoms with Crippen LogP contribution < -0.4 is 0 Å². The lowest BCUT2D eigenvalue weighted by molar-refractivity contribution is 0.590. The maximum absolute atomic E-state index is 2.44. The number of hydrogen-bond acceptors (Lipinski definition) is 0. The van der Waals surface area contributed by atoms with Crippen LogP contribution in [-0.4, -0.2) is 27.4 Å². The van der Waals surface area contributed by atoms with Crippen molar-refractivity contribution in [1.29, 1.82) is 0 Å². The van der Waals surface area contributed by atoms with Crippen molar-refractivity contribution < 1.29 is 0 Å². The lowest BCUT2D eigenvalue weighted by Crippen LogP contribution is -2.11. The summed E-state index contributed by atoms with van der Waals surface area (Å²) in [6, 6.07) is 148. The highest BCUT2D eigenvalue weighted by molar-refractivity contribution is 6.06. The molecule has 0 fully saturated rings. The van der Waals surface area contributed by atoms with Gasteiger partial charge in [0.25, 0.3) is 0 Å². The predicted octanol–water partition coefficient (Wildman–Crippen LogP) is 33.9. The largest absolute Gasteiger partial charge is 0.309 e. The van der Waals surface area contributed by atoms with Crippen LogP contribution in [0.5, 0.6) is 0 Å². The van der Waals surface area contributed by atoms with Crippen LogP contribution in [0.25, 0.3) is 167 Å². The van der Waals surface area contributed by atoms with E-state index >= 15 is 0 Å². The van der Waals surface area contributed by atoms with Gasteiger partial charge in [-0.05, 0) is 262 Å². The average molecular weight is 1690 g/mol. The van der Waals surface area contributed by atoms with Crippen LogP contribution in [0.3, 0.4) is 0 Å². The van der Waals surface area contributed by atoms with Crippen molar-refractivity contribution in [2.24, 2.45) is 0 Å². The summed E-state index contributed by atoms with van der Waals surface area (Å²) in [7, 11) is 0. The number of benzene rings is 15. The van der Waals surface area contributed by atoms with E-state index in [1.807, 2.05) is 0 Å². The fourth-order valence-electron chi connectivity index (χ4n) is 19.1. The first-order chi connectivity index (χ1) is 63.5. The van der Waals surface area contributed by atoms with E-state index in [1.165, 1.54) is 226 Å². The van der Waals surface area contributed by atoms with Crippen LogP contribution in [0.15, 0.2) is 400 Å². The number of aryl methyl sites for hydroxylation is 4. The summed E-state index contributed by atoms with van der Waals surface area (Å²) in [6.45, 7) is 22.6. The molecule has 0 amide bonds. The first kappa shape index (κ1) is 85.0. The zero-order valence-electron chi connectivity index (χ0n) is 76.9. The highest BCUT2D eigenvalue weighted by atomic mass is 15.0.